The summed E-state index contributed by atoms with van der Waals surface area (Å²) < 4.78 is 18.8. The number of carbonyl (C=O) groups excluding carboxylic acids is 1. The van der Waals surface area contributed by atoms with Gasteiger partial charge in [0.05, 0.1) is 0 Å². The second-order valence-electron chi connectivity index (χ2n) is 1.74. The largest absolute Gasteiger partial charge is 0.335 e. The summed E-state index contributed by atoms with van der Waals surface area (Å²) in [7, 11) is 0. The van der Waals surface area contributed by atoms with Crippen LogP contribution in [0.15, 0.2) is 30.6 Å². The normalized spacial score (nSPS) is 6.71. The van der Waals surface area contributed by atoms with Crippen molar-refractivity contribution in [2.45, 2.75) is 6.92 Å². The average Bonchev–Trinajstić information content (AvgIpc) is 2.22. The van der Waals surface area contributed by atoms with E-state index in [2.05, 4.69) is 25.5 Å². The second kappa shape index (κ2) is 14.4. The summed E-state index contributed by atoms with van der Waals surface area (Å²) in [5.41, 5.74) is 0. The van der Waals surface area contributed by atoms with Gasteiger partial charge in [-0.3, -0.25) is 14.1 Å². The smallest absolute Gasteiger partial charge is 0.293 e. The van der Waals surface area contributed by atoms with Gasteiger partial charge in [-0.25, -0.2) is 0 Å². The van der Waals surface area contributed by atoms with Crippen LogP contribution < -0.4 is 4.34 Å². The molecule has 0 saturated heterocycles. The molecular formula is C7H9BrN2O3S. The Morgan fingerprint density at radius 1 is 1.29 bits per heavy atom. The Labute approximate surface area is 93.9 Å². The van der Waals surface area contributed by atoms with E-state index >= 15 is 0 Å². The number of nitrogens with zero attached hydrogens (tertiary/aromatic N) is 1. The van der Waals surface area contributed by atoms with E-state index in [4.69, 9.17) is 8.42 Å². The highest BCUT2D eigenvalue weighted by molar-refractivity contribution is 9.08. The summed E-state index contributed by atoms with van der Waals surface area (Å²) in [6.45, 7) is 1.43. The molecule has 14 heavy (non-hydrogen) atoms. The molecule has 0 aliphatic rings. The highest BCUT2D eigenvalue weighted by Crippen LogP contribution is 1.73. The van der Waals surface area contributed by atoms with Gasteiger partial charge >= 0.3 is 11.6 Å². The Bertz CT molecular complexity index is 238. The Hall–Kier alpha value is -1.08. The van der Waals surface area contributed by atoms with Crippen molar-refractivity contribution in [3.8, 4) is 0 Å². The molecule has 1 heterocycles. The third kappa shape index (κ3) is 22.4. The number of amides is 1. The highest BCUT2D eigenvalue weighted by atomic mass is 79.9. The summed E-state index contributed by atoms with van der Waals surface area (Å²) in [4.78, 5) is 13.4. The van der Waals surface area contributed by atoms with Gasteiger partial charge in [-0.05, 0) is 12.1 Å². The van der Waals surface area contributed by atoms with E-state index in [0.29, 0.717) is 0 Å². The number of hydrogen-bond donors (Lipinski definition) is 1. The minimum absolute atomic E-state index is 0.0787. The Morgan fingerprint density at radius 3 is 1.71 bits per heavy atom. The lowest BCUT2D eigenvalue weighted by molar-refractivity contribution is -0.116. The first-order valence-corrected chi connectivity index (χ1v) is 4.79. The average molecular weight is 281 g/mol. The summed E-state index contributed by atoms with van der Waals surface area (Å²) in [6, 6.07) is 5.72. The number of halogens is 1. The summed E-state index contributed by atoms with van der Waals surface area (Å²) in [5, 5.41) is 0. The van der Waals surface area contributed by atoms with Gasteiger partial charge in [-0.15, -0.1) is 0 Å². The zero-order chi connectivity index (χ0) is 11.2. The quantitative estimate of drug-likeness (QED) is 0.715. The van der Waals surface area contributed by atoms with Gasteiger partial charge in [0.15, 0.2) is 0 Å². The van der Waals surface area contributed by atoms with Gasteiger partial charge in [-0.2, -0.15) is 8.42 Å². The Kier molecular flexibility index (Phi) is 15.9. The fraction of sp³-hybridized carbons (Fsp3) is 0.143. The fourth-order valence-corrected chi connectivity index (χ4v) is 0.313. The van der Waals surface area contributed by atoms with Gasteiger partial charge in [-0.1, -0.05) is 6.07 Å². The lowest BCUT2D eigenvalue weighted by Gasteiger charge is -1.76. The molecule has 0 atom stereocenters. The molecule has 0 spiro atoms. The molecule has 0 aliphatic heterocycles. The first-order chi connectivity index (χ1) is 6.68. The van der Waals surface area contributed by atoms with Crippen LogP contribution in [0.1, 0.15) is 6.92 Å². The van der Waals surface area contributed by atoms with Crippen molar-refractivity contribution in [2.24, 2.45) is 0 Å². The first-order valence-electron chi connectivity index (χ1n) is 3.33. The van der Waals surface area contributed by atoms with Gasteiger partial charge in [0.25, 0.3) is 0 Å². The molecule has 0 aromatic carbocycles. The molecule has 7 heteroatoms. The predicted octanol–water partition coefficient (Wildman–Crippen LogP) is 0.844. The van der Waals surface area contributed by atoms with Crippen LogP contribution in [0.4, 0.5) is 0 Å². The maximum atomic E-state index is 9.65. The molecule has 0 aliphatic carbocycles. The molecule has 1 rings (SSSR count). The molecule has 0 radical (unpaired) electrons. The maximum Gasteiger partial charge on any atom is 0.335 e. The van der Waals surface area contributed by atoms with Gasteiger partial charge in [0, 0.05) is 35.5 Å². The van der Waals surface area contributed by atoms with Gasteiger partial charge < -0.3 is 0 Å². The predicted molar refractivity (Wildman–Crippen MR) is 55.9 cm³/mol. The second-order valence-corrected chi connectivity index (χ2v) is 2.28. The molecule has 0 saturated carbocycles. The molecule has 1 amide bonds. The zero-order valence-electron chi connectivity index (χ0n) is 7.34. The molecule has 0 fully saturated rings. The van der Waals surface area contributed by atoms with Crippen molar-refractivity contribution in [1.82, 2.24) is 9.33 Å². The third-order valence-electron chi connectivity index (χ3n) is 0.700. The monoisotopic (exact) mass is 280 g/mol. The Balaban J connectivity index is 0. The molecule has 1 aromatic rings. The van der Waals surface area contributed by atoms with Crippen molar-refractivity contribution < 1.29 is 13.2 Å². The van der Waals surface area contributed by atoms with Crippen LogP contribution >= 0.6 is 16.1 Å². The van der Waals surface area contributed by atoms with Crippen molar-refractivity contribution in [1.29, 1.82) is 0 Å². The van der Waals surface area contributed by atoms with Crippen LogP contribution in [-0.4, -0.2) is 19.3 Å². The number of aromatic nitrogens is 1. The van der Waals surface area contributed by atoms with Gasteiger partial charge in [0.1, 0.15) is 0 Å². The molecule has 1 N–H and O–H groups in total. The number of hydrogen-bond acceptors (Lipinski definition) is 4. The first kappa shape index (κ1) is 15.4. The molecule has 78 valence electrons. The molecule has 1 aromatic heterocycles. The van der Waals surface area contributed by atoms with Crippen LogP contribution in [0.25, 0.3) is 0 Å². The molecule has 0 unspecified atom stereocenters. The van der Waals surface area contributed by atoms with Crippen LogP contribution in [0.3, 0.4) is 0 Å². The lowest BCUT2D eigenvalue weighted by atomic mass is 10.5. The van der Waals surface area contributed by atoms with Crippen LogP contribution in [0.5, 0.6) is 0 Å². The minimum atomic E-state index is -0.750. The number of pyridine rings is 1. The summed E-state index contributed by atoms with van der Waals surface area (Å²) >= 11 is 1.96. The van der Waals surface area contributed by atoms with Gasteiger partial charge in [0.2, 0.25) is 5.91 Å². The fourth-order valence-electron chi connectivity index (χ4n) is 0.313. The lowest BCUT2D eigenvalue weighted by Crippen LogP contribution is -2.03. The van der Waals surface area contributed by atoms with Crippen molar-refractivity contribution in [2.75, 3.05) is 0 Å². The molecule has 0 bridgehead atoms. The molecule has 5 nitrogen and oxygen atoms in total. The molecular weight excluding hydrogens is 272 g/mol. The summed E-state index contributed by atoms with van der Waals surface area (Å²) in [5.74, 6) is -0.0787. The van der Waals surface area contributed by atoms with E-state index in [-0.39, 0.29) is 5.91 Å². The van der Waals surface area contributed by atoms with Crippen molar-refractivity contribution in [3.05, 3.63) is 30.6 Å². The highest BCUT2D eigenvalue weighted by Gasteiger charge is 1.75. The van der Waals surface area contributed by atoms with E-state index in [1.807, 2.05) is 18.2 Å². The van der Waals surface area contributed by atoms with Crippen molar-refractivity contribution >= 4 is 33.6 Å². The van der Waals surface area contributed by atoms with E-state index in [1.165, 1.54) is 6.92 Å². The van der Waals surface area contributed by atoms with E-state index < -0.39 is 11.6 Å². The topological polar surface area (TPSA) is 76.1 Å². The number of rotatable bonds is 0. The van der Waals surface area contributed by atoms with E-state index in [0.717, 1.165) is 0 Å². The van der Waals surface area contributed by atoms with Crippen LogP contribution in [0, 0.1) is 0 Å². The van der Waals surface area contributed by atoms with Crippen molar-refractivity contribution in [3.63, 3.8) is 0 Å². The number of nitrogens with one attached hydrogen (secondary N) is 1. The minimum Gasteiger partial charge on any atom is -0.293 e. The maximum absolute atomic E-state index is 9.65. The Morgan fingerprint density at radius 2 is 1.64 bits per heavy atom. The standard InChI is InChI=1S/C5H5N.C2H4BrNO.O2S/c1-2-4-6-5-3-1;1-2(5)4-3;1-3-2/h1-5H;1H3,(H,4,5);. The van der Waals surface area contributed by atoms with Crippen LogP contribution in [-0.2, 0) is 16.4 Å². The SMILES string of the molecule is CC(=O)NBr.O=S=O.c1ccncc1. The summed E-state index contributed by atoms with van der Waals surface area (Å²) in [6.07, 6.45) is 3.50. The van der Waals surface area contributed by atoms with E-state index in [1.54, 1.807) is 12.4 Å². The van der Waals surface area contributed by atoms with Crippen LogP contribution in [0.2, 0.25) is 0 Å². The third-order valence-corrected chi connectivity index (χ3v) is 1.26. The van der Waals surface area contributed by atoms with E-state index in [9.17, 15) is 4.79 Å². The number of carbonyl (C=O) groups is 1. The zero-order valence-corrected chi connectivity index (χ0v) is 9.75.